The lowest BCUT2D eigenvalue weighted by Crippen LogP contribution is -2.21. The van der Waals surface area contributed by atoms with Gasteiger partial charge < -0.3 is 10.4 Å². The minimum atomic E-state index is -1.07. The molecule has 8 nitrogen and oxygen atoms in total. The Morgan fingerprint density at radius 1 is 1.16 bits per heavy atom. The second kappa shape index (κ2) is 7.00. The summed E-state index contributed by atoms with van der Waals surface area (Å²) in [6.45, 7) is 2.12. The Morgan fingerprint density at radius 3 is 2.64 bits per heavy atom. The van der Waals surface area contributed by atoms with E-state index < -0.39 is 11.9 Å². The van der Waals surface area contributed by atoms with Crippen molar-refractivity contribution in [3.8, 4) is 0 Å². The molecule has 1 amide bonds. The summed E-state index contributed by atoms with van der Waals surface area (Å²) in [6.07, 6.45) is 1.39. The van der Waals surface area contributed by atoms with Crippen molar-refractivity contribution in [2.45, 2.75) is 20.0 Å². The average Bonchev–Trinajstić information content (AvgIpc) is 3.15. The highest BCUT2D eigenvalue weighted by molar-refractivity contribution is 6.02. The van der Waals surface area contributed by atoms with Crippen LogP contribution in [0.15, 0.2) is 48.7 Å². The van der Waals surface area contributed by atoms with Crippen LogP contribution in [0.3, 0.4) is 0 Å². The van der Waals surface area contributed by atoms with Gasteiger partial charge in [-0.1, -0.05) is 30.3 Å². The first kappa shape index (κ1) is 16.4. The summed E-state index contributed by atoms with van der Waals surface area (Å²) < 4.78 is 2.92. The first-order chi connectivity index (χ1) is 12.0. The third kappa shape index (κ3) is 3.92. The molecule has 0 atom stereocenters. The maximum atomic E-state index is 12.3. The Bertz CT molecular complexity index is 898. The summed E-state index contributed by atoms with van der Waals surface area (Å²) in [5, 5.41) is 19.8. The number of aryl methyl sites for hydroxylation is 1. The molecular formula is C17H17N5O3. The van der Waals surface area contributed by atoms with Crippen LogP contribution in [0.2, 0.25) is 0 Å². The average molecular weight is 339 g/mol. The number of aliphatic carboxylic acids is 1. The van der Waals surface area contributed by atoms with Gasteiger partial charge in [0.25, 0.3) is 5.91 Å². The van der Waals surface area contributed by atoms with Gasteiger partial charge in [0.05, 0.1) is 6.54 Å². The molecule has 0 saturated carbocycles. The highest BCUT2D eigenvalue weighted by atomic mass is 16.4. The highest BCUT2D eigenvalue weighted by Gasteiger charge is 2.16. The fourth-order valence-corrected chi connectivity index (χ4v) is 2.45. The van der Waals surface area contributed by atoms with E-state index in [-0.39, 0.29) is 12.2 Å². The summed E-state index contributed by atoms with van der Waals surface area (Å²) in [5.41, 5.74) is 2.17. The van der Waals surface area contributed by atoms with Crippen LogP contribution in [0.5, 0.6) is 0 Å². The number of rotatable bonds is 6. The predicted octanol–water partition coefficient (Wildman–Crippen LogP) is 1.77. The van der Waals surface area contributed by atoms with Crippen molar-refractivity contribution < 1.29 is 14.7 Å². The lowest BCUT2D eigenvalue weighted by atomic mass is 10.2. The van der Waals surface area contributed by atoms with E-state index in [4.69, 9.17) is 5.11 Å². The number of nitrogens with zero attached hydrogens (tertiary/aromatic N) is 4. The number of hydrogen-bond donors (Lipinski definition) is 2. The van der Waals surface area contributed by atoms with Gasteiger partial charge in [0.2, 0.25) is 0 Å². The van der Waals surface area contributed by atoms with Gasteiger partial charge in [-0.15, -0.1) is 0 Å². The zero-order valence-electron chi connectivity index (χ0n) is 13.6. The maximum Gasteiger partial charge on any atom is 0.325 e. The molecule has 0 saturated heterocycles. The summed E-state index contributed by atoms with van der Waals surface area (Å²) in [5.74, 6) is -1.12. The van der Waals surface area contributed by atoms with Crippen LogP contribution in [-0.4, -0.2) is 36.5 Å². The van der Waals surface area contributed by atoms with Gasteiger partial charge in [-0.3, -0.25) is 14.3 Å². The Labute approximate surface area is 143 Å². The SMILES string of the molecule is Cc1cc(NC(=O)c2ccnn2CC(=O)O)nn1Cc1ccccc1. The van der Waals surface area contributed by atoms with Gasteiger partial charge >= 0.3 is 5.97 Å². The van der Waals surface area contributed by atoms with Crippen molar-refractivity contribution >= 4 is 17.7 Å². The molecule has 2 heterocycles. The first-order valence-corrected chi connectivity index (χ1v) is 7.66. The van der Waals surface area contributed by atoms with Crippen LogP contribution in [-0.2, 0) is 17.9 Å². The summed E-state index contributed by atoms with van der Waals surface area (Å²) in [6, 6.07) is 13.1. The van der Waals surface area contributed by atoms with Crippen LogP contribution in [0.4, 0.5) is 5.82 Å². The zero-order chi connectivity index (χ0) is 17.8. The van der Waals surface area contributed by atoms with E-state index in [1.54, 1.807) is 10.7 Å². The molecule has 0 aliphatic heterocycles. The van der Waals surface area contributed by atoms with E-state index in [1.165, 1.54) is 12.3 Å². The molecule has 0 radical (unpaired) electrons. The van der Waals surface area contributed by atoms with Crippen molar-refractivity contribution in [2.24, 2.45) is 0 Å². The normalized spacial score (nSPS) is 10.6. The number of carbonyl (C=O) groups is 2. The molecule has 0 fully saturated rings. The standard InChI is InChI=1S/C17H17N5O3/c1-12-9-15(20-21(12)10-13-5-3-2-4-6-13)19-17(25)14-7-8-18-22(14)11-16(23)24/h2-9H,10-11H2,1H3,(H,23,24)(H,19,20,25). The molecule has 0 spiro atoms. The molecule has 2 aromatic heterocycles. The number of carboxylic acids is 1. The van der Waals surface area contributed by atoms with Crippen molar-refractivity contribution in [1.82, 2.24) is 19.6 Å². The largest absolute Gasteiger partial charge is 0.480 e. The van der Waals surface area contributed by atoms with Crippen LogP contribution in [0.1, 0.15) is 21.7 Å². The molecule has 8 heteroatoms. The minimum Gasteiger partial charge on any atom is -0.480 e. The molecular weight excluding hydrogens is 322 g/mol. The van der Waals surface area contributed by atoms with E-state index >= 15 is 0 Å². The lowest BCUT2D eigenvalue weighted by Gasteiger charge is -2.05. The Balaban J connectivity index is 1.73. The molecule has 3 aromatic rings. The van der Waals surface area contributed by atoms with Crippen LogP contribution in [0.25, 0.3) is 0 Å². The van der Waals surface area contributed by atoms with Gasteiger partial charge in [-0.2, -0.15) is 10.2 Å². The van der Waals surface area contributed by atoms with Crippen LogP contribution < -0.4 is 5.32 Å². The summed E-state index contributed by atoms with van der Waals surface area (Å²) in [4.78, 5) is 23.2. The molecule has 3 rings (SSSR count). The van der Waals surface area contributed by atoms with E-state index in [1.807, 2.05) is 37.3 Å². The lowest BCUT2D eigenvalue weighted by molar-refractivity contribution is -0.137. The maximum absolute atomic E-state index is 12.3. The third-order valence-electron chi connectivity index (χ3n) is 3.63. The monoisotopic (exact) mass is 339 g/mol. The van der Waals surface area contributed by atoms with Gasteiger partial charge in [-0.25, -0.2) is 4.68 Å². The molecule has 1 aromatic carbocycles. The summed E-state index contributed by atoms with van der Waals surface area (Å²) in [7, 11) is 0. The molecule has 25 heavy (non-hydrogen) atoms. The smallest absolute Gasteiger partial charge is 0.325 e. The molecule has 2 N–H and O–H groups in total. The molecule has 0 unspecified atom stereocenters. The number of carboxylic acid groups (broad SMARTS) is 1. The van der Waals surface area contributed by atoms with Crippen LogP contribution >= 0.6 is 0 Å². The molecule has 0 bridgehead atoms. The Hall–Kier alpha value is -3.42. The van der Waals surface area contributed by atoms with Crippen molar-refractivity contribution in [3.05, 3.63) is 65.6 Å². The third-order valence-corrected chi connectivity index (χ3v) is 3.63. The zero-order valence-corrected chi connectivity index (χ0v) is 13.6. The van der Waals surface area contributed by atoms with Gasteiger partial charge in [-0.05, 0) is 18.6 Å². The number of nitrogens with one attached hydrogen (secondary N) is 1. The van der Waals surface area contributed by atoms with Crippen LogP contribution in [0, 0.1) is 6.92 Å². The first-order valence-electron chi connectivity index (χ1n) is 7.66. The number of benzene rings is 1. The number of anilines is 1. The van der Waals surface area contributed by atoms with Gasteiger partial charge in [0.1, 0.15) is 12.2 Å². The molecule has 0 aliphatic rings. The van der Waals surface area contributed by atoms with Crippen molar-refractivity contribution in [1.29, 1.82) is 0 Å². The topological polar surface area (TPSA) is 102 Å². The van der Waals surface area contributed by atoms with Gasteiger partial charge in [0, 0.05) is 18.0 Å². The number of hydrogen-bond acceptors (Lipinski definition) is 4. The van der Waals surface area contributed by atoms with Crippen molar-refractivity contribution in [2.75, 3.05) is 5.32 Å². The second-order valence-electron chi connectivity index (χ2n) is 5.54. The summed E-state index contributed by atoms with van der Waals surface area (Å²) >= 11 is 0. The van der Waals surface area contributed by atoms with E-state index in [9.17, 15) is 9.59 Å². The Morgan fingerprint density at radius 2 is 1.92 bits per heavy atom. The number of amides is 1. The van der Waals surface area contributed by atoms with Gasteiger partial charge in [0.15, 0.2) is 5.82 Å². The fourth-order valence-electron chi connectivity index (χ4n) is 2.45. The quantitative estimate of drug-likeness (QED) is 0.712. The number of aromatic nitrogens is 4. The highest BCUT2D eigenvalue weighted by Crippen LogP contribution is 2.12. The van der Waals surface area contributed by atoms with E-state index in [0.717, 1.165) is 15.9 Å². The van der Waals surface area contributed by atoms with E-state index in [0.29, 0.717) is 12.4 Å². The fraction of sp³-hybridized carbons (Fsp3) is 0.176. The second-order valence-corrected chi connectivity index (χ2v) is 5.54. The minimum absolute atomic E-state index is 0.165. The van der Waals surface area contributed by atoms with E-state index in [2.05, 4.69) is 15.5 Å². The molecule has 0 aliphatic carbocycles. The Kier molecular flexibility index (Phi) is 4.60. The van der Waals surface area contributed by atoms with Crippen molar-refractivity contribution in [3.63, 3.8) is 0 Å². The number of carbonyl (C=O) groups excluding carboxylic acids is 1. The molecule has 128 valence electrons. The predicted molar refractivity (Wildman–Crippen MR) is 90.3 cm³/mol.